The summed E-state index contributed by atoms with van der Waals surface area (Å²) in [7, 11) is 1.59. The highest BCUT2D eigenvalue weighted by molar-refractivity contribution is 8.15. The first-order valence-corrected chi connectivity index (χ1v) is 13.1. The number of amides is 2. The predicted molar refractivity (Wildman–Crippen MR) is 149 cm³/mol. The maximum Gasteiger partial charge on any atom is 0.338 e. The summed E-state index contributed by atoms with van der Waals surface area (Å²) in [5.41, 5.74) is 2.42. The van der Waals surface area contributed by atoms with Gasteiger partial charge in [-0.1, -0.05) is 41.6 Å². The standard InChI is InChI=1S/C28H26ClN3O5S/c1-3-37-27(35)19-9-11-21(12-10-19)31-28-32(17-18-7-13-23(36-2)14-8-18)26(34)24(38-28)16-25(33)30-22-6-4-5-20(29)15-22/h4-15,24H,3,16-17H2,1-2H3,(H,30,33). The van der Waals surface area contributed by atoms with Crippen LogP contribution in [0, 0.1) is 0 Å². The van der Waals surface area contributed by atoms with Crippen LogP contribution < -0.4 is 10.1 Å². The van der Waals surface area contributed by atoms with Gasteiger partial charge in [0.05, 0.1) is 31.5 Å². The number of carbonyl (C=O) groups excluding carboxylic acids is 3. The van der Waals surface area contributed by atoms with Gasteiger partial charge in [0.15, 0.2) is 5.17 Å². The van der Waals surface area contributed by atoms with E-state index in [0.717, 1.165) is 5.56 Å². The van der Waals surface area contributed by atoms with E-state index in [4.69, 9.17) is 21.1 Å². The quantitative estimate of drug-likeness (QED) is 0.343. The summed E-state index contributed by atoms with van der Waals surface area (Å²) >= 11 is 7.24. The Bertz CT molecular complexity index is 1350. The number of halogens is 1. The van der Waals surface area contributed by atoms with Gasteiger partial charge in [0.1, 0.15) is 11.0 Å². The first-order chi connectivity index (χ1) is 18.4. The number of hydrogen-bond donors (Lipinski definition) is 1. The van der Waals surface area contributed by atoms with E-state index in [2.05, 4.69) is 10.3 Å². The minimum absolute atomic E-state index is 0.0318. The Hall–Kier alpha value is -3.82. The molecule has 0 bridgehead atoms. The molecule has 0 radical (unpaired) electrons. The van der Waals surface area contributed by atoms with Crippen LogP contribution in [0.3, 0.4) is 0 Å². The third-order valence-electron chi connectivity index (χ3n) is 5.60. The molecule has 0 aromatic heterocycles. The Morgan fingerprint density at radius 3 is 2.47 bits per heavy atom. The van der Waals surface area contributed by atoms with Crippen molar-refractivity contribution in [2.45, 2.75) is 25.1 Å². The zero-order chi connectivity index (χ0) is 27.1. The SMILES string of the molecule is CCOC(=O)c1ccc(N=C2SC(CC(=O)Nc3cccc(Cl)c3)C(=O)N2Cc2ccc(OC)cc2)cc1. The molecule has 38 heavy (non-hydrogen) atoms. The lowest BCUT2D eigenvalue weighted by Gasteiger charge is -2.17. The zero-order valence-corrected chi connectivity index (χ0v) is 22.4. The first-order valence-electron chi connectivity index (χ1n) is 11.9. The summed E-state index contributed by atoms with van der Waals surface area (Å²) in [6.45, 7) is 2.31. The summed E-state index contributed by atoms with van der Waals surface area (Å²) in [6, 6.07) is 20.9. The van der Waals surface area contributed by atoms with Crippen LogP contribution in [0.5, 0.6) is 5.75 Å². The molecule has 2 amide bonds. The summed E-state index contributed by atoms with van der Waals surface area (Å²) in [5.74, 6) is -0.220. The van der Waals surface area contributed by atoms with E-state index in [1.807, 2.05) is 24.3 Å². The number of anilines is 1. The van der Waals surface area contributed by atoms with E-state index in [9.17, 15) is 14.4 Å². The molecule has 1 saturated heterocycles. The largest absolute Gasteiger partial charge is 0.497 e. The molecule has 3 aromatic rings. The molecule has 4 rings (SSSR count). The molecular formula is C28H26ClN3O5S. The Morgan fingerprint density at radius 1 is 1.08 bits per heavy atom. The van der Waals surface area contributed by atoms with Gasteiger partial charge < -0.3 is 14.8 Å². The fraction of sp³-hybridized carbons (Fsp3) is 0.214. The third kappa shape index (κ3) is 6.93. The number of nitrogens with zero attached hydrogens (tertiary/aromatic N) is 2. The molecule has 1 heterocycles. The van der Waals surface area contributed by atoms with Crippen molar-refractivity contribution in [1.29, 1.82) is 0 Å². The Balaban J connectivity index is 1.55. The van der Waals surface area contributed by atoms with Crippen LogP contribution in [-0.2, 0) is 20.9 Å². The van der Waals surface area contributed by atoms with Gasteiger partial charge in [-0.3, -0.25) is 14.5 Å². The minimum Gasteiger partial charge on any atom is -0.497 e. The van der Waals surface area contributed by atoms with Crippen LogP contribution in [-0.4, -0.2) is 46.8 Å². The van der Waals surface area contributed by atoms with Gasteiger partial charge in [0.2, 0.25) is 11.8 Å². The van der Waals surface area contributed by atoms with Crippen LogP contribution in [0.15, 0.2) is 77.8 Å². The molecule has 10 heteroatoms. The third-order valence-corrected chi connectivity index (χ3v) is 7.01. The van der Waals surface area contributed by atoms with Gasteiger partial charge in [0, 0.05) is 17.1 Å². The lowest BCUT2D eigenvalue weighted by Crippen LogP contribution is -2.33. The summed E-state index contributed by atoms with van der Waals surface area (Å²) in [4.78, 5) is 44.4. The van der Waals surface area contributed by atoms with Crippen molar-refractivity contribution in [1.82, 2.24) is 4.90 Å². The average molecular weight is 552 g/mol. The molecule has 0 saturated carbocycles. The number of esters is 1. The van der Waals surface area contributed by atoms with Crippen molar-refractivity contribution in [2.24, 2.45) is 4.99 Å². The van der Waals surface area contributed by atoms with Crippen LogP contribution in [0.25, 0.3) is 0 Å². The van der Waals surface area contributed by atoms with E-state index in [1.54, 1.807) is 67.5 Å². The number of aliphatic imine (C=N–C) groups is 1. The molecule has 1 aliphatic rings. The van der Waals surface area contributed by atoms with E-state index in [1.165, 1.54) is 11.8 Å². The monoisotopic (exact) mass is 551 g/mol. The average Bonchev–Trinajstić information content (AvgIpc) is 3.18. The van der Waals surface area contributed by atoms with Crippen molar-refractivity contribution >= 4 is 57.7 Å². The second-order valence-corrected chi connectivity index (χ2v) is 9.91. The Kier molecular flexibility index (Phi) is 9.04. The minimum atomic E-state index is -0.648. The fourth-order valence-electron chi connectivity index (χ4n) is 3.73. The second kappa shape index (κ2) is 12.6. The predicted octanol–water partition coefficient (Wildman–Crippen LogP) is 5.69. The Labute approximate surface area is 230 Å². The number of amidine groups is 1. The summed E-state index contributed by atoms with van der Waals surface area (Å²) in [5, 5.41) is 3.12. The van der Waals surface area contributed by atoms with Crippen LogP contribution in [0.4, 0.5) is 11.4 Å². The molecular weight excluding hydrogens is 526 g/mol. The zero-order valence-electron chi connectivity index (χ0n) is 20.8. The van der Waals surface area contributed by atoms with E-state index < -0.39 is 11.2 Å². The van der Waals surface area contributed by atoms with Crippen molar-refractivity contribution in [3.8, 4) is 5.75 Å². The van der Waals surface area contributed by atoms with Crippen LogP contribution >= 0.6 is 23.4 Å². The van der Waals surface area contributed by atoms with Gasteiger partial charge in [0.25, 0.3) is 0 Å². The number of ether oxygens (including phenoxy) is 2. The van der Waals surface area contributed by atoms with Crippen LogP contribution in [0.2, 0.25) is 5.02 Å². The van der Waals surface area contributed by atoms with Crippen molar-refractivity contribution in [3.63, 3.8) is 0 Å². The highest BCUT2D eigenvalue weighted by Crippen LogP contribution is 2.33. The Morgan fingerprint density at radius 2 is 1.82 bits per heavy atom. The van der Waals surface area contributed by atoms with E-state index >= 15 is 0 Å². The number of thioether (sulfide) groups is 1. The number of methoxy groups -OCH3 is 1. The molecule has 196 valence electrons. The fourth-order valence-corrected chi connectivity index (χ4v) is 5.08. The van der Waals surface area contributed by atoms with E-state index in [-0.39, 0.29) is 31.4 Å². The van der Waals surface area contributed by atoms with Gasteiger partial charge >= 0.3 is 5.97 Å². The second-order valence-electron chi connectivity index (χ2n) is 8.30. The first kappa shape index (κ1) is 27.2. The molecule has 1 atom stereocenters. The highest BCUT2D eigenvalue weighted by atomic mass is 35.5. The van der Waals surface area contributed by atoms with E-state index in [0.29, 0.717) is 32.9 Å². The molecule has 0 aliphatic carbocycles. The lowest BCUT2D eigenvalue weighted by molar-refractivity contribution is -0.128. The number of hydrogen-bond acceptors (Lipinski definition) is 7. The van der Waals surface area contributed by atoms with Gasteiger partial charge in [-0.05, 0) is 67.1 Å². The summed E-state index contributed by atoms with van der Waals surface area (Å²) < 4.78 is 10.3. The van der Waals surface area contributed by atoms with Gasteiger partial charge in [-0.25, -0.2) is 9.79 Å². The van der Waals surface area contributed by atoms with Gasteiger partial charge in [-0.2, -0.15) is 0 Å². The molecule has 1 aliphatic heterocycles. The molecule has 1 N–H and O–H groups in total. The lowest BCUT2D eigenvalue weighted by atomic mass is 10.2. The number of rotatable bonds is 9. The maximum atomic E-state index is 13.4. The van der Waals surface area contributed by atoms with Gasteiger partial charge in [-0.15, -0.1) is 0 Å². The number of carbonyl (C=O) groups is 3. The number of benzene rings is 3. The van der Waals surface area contributed by atoms with Crippen molar-refractivity contribution in [2.75, 3.05) is 19.0 Å². The van der Waals surface area contributed by atoms with Crippen molar-refractivity contribution < 1.29 is 23.9 Å². The normalized spacial score (nSPS) is 16.0. The molecule has 0 spiro atoms. The molecule has 1 unspecified atom stereocenters. The highest BCUT2D eigenvalue weighted by Gasteiger charge is 2.39. The smallest absolute Gasteiger partial charge is 0.338 e. The topological polar surface area (TPSA) is 97.3 Å². The molecule has 1 fully saturated rings. The molecule has 3 aromatic carbocycles. The molecule has 8 nitrogen and oxygen atoms in total. The number of nitrogens with one attached hydrogen (secondary N) is 1. The summed E-state index contributed by atoms with van der Waals surface area (Å²) in [6.07, 6.45) is -0.0318. The van der Waals surface area contributed by atoms with Crippen molar-refractivity contribution in [3.05, 3.63) is 88.9 Å². The maximum absolute atomic E-state index is 13.4. The van der Waals surface area contributed by atoms with Crippen LogP contribution in [0.1, 0.15) is 29.3 Å².